The molecule has 0 bridgehead atoms. The van der Waals surface area contributed by atoms with Crippen LogP contribution in [0.4, 0.5) is 11.4 Å². The third-order valence-corrected chi connectivity index (χ3v) is 4.69. The van der Waals surface area contributed by atoms with Crippen molar-refractivity contribution in [1.82, 2.24) is 0 Å². The molecule has 0 unspecified atom stereocenters. The van der Waals surface area contributed by atoms with E-state index in [2.05, 4.69) is 5.32 Å². The molecular formula is C20H20N2O5. The molecule has 0 saturated heterocycles. The third-order valence-electron chi connectivity index (χ3n) is 4.69. The molecule has 0 saturated carbocycles. The van der Waals surface area contributed by atoms with Crippen molar-refractivity contribution in [2.24, 2.45) is 5.41 Å². The van der Waals surface area contributed by atoms with Crippen LogP contribution in [-0.2, 0) is 4.79 Å². The molecule has 0 atom stereocenters. The number of rotatable bonds is 2. The van der Waals surface area contributed by atoms with E-state index in [1.54, 1.807) is 48.3 Å². The molecule has 7 nitrogen and oxygen atoms in total. The number of hydrogen-bond acceptors (Lipinski definition) is 5. The van der Waals surface area contributed by atoms with E-state index in [1.807, 2.05) is 13.8 Å². The van der Waals surface area contributed by atoms with E-state index in [-0.39, 0.29) is 25.2 Å². The number of hydrogen-bond donors (Lipinski definition) is 1. The second kappa shape index (κ2) is 6.19. The van der Waals surface area contributed by atoms with Crippen molar-refractivity contribution < 1.29 is 23.8 Å². The molecule has 2 aromatic carbocycles. The Hall–Kier alpha value is -3.22. The van der Waals surface area contributed by atoms with E-state index >= 15 is 0 Å². The average molecular weight is 368 g/mol. The normalized spacial score (nSPS) is 17.0. The van der Waals surface area contributed by atoms with Gasteiger partial charge in [0.15, 0.2) is 11.5 Å². The first kappa shape index (κ1) is 17.2. The van der Waals surface area contributed by atoms with Crippen molar-refractivity contribution in [3.8, 4) is 17.2 Å². The molecule has 2 aliphatic heterocycles. The van der Waals surface area contributed by atoms with Gasteiger partial charge in [0.2, 0.25) is 12.7 Å². The van der Waals surface area contributed by atoms with E-state index < -0.39 is 5.41 Å². The van der Waals surface area contributed by atoms with Crippen molar-refractivity contribution >= 4 is 23.2 Å². The maximum atomic E-state index is 12.6. The van der Waals surface area contributed by atoms with Crippen LogP contribution in [0.2, 0.25) is 0 Å². The Morgan fingerprint density at radius 3 is 2.63 bits per heavy atom. The van der Waals surface area contributed by atoms with Crippen molar-refractivity contribution in [1.29, 1.82) is 0 Å². The Bertz CT molecular complexity index is 938. The highest BCUT2D eigenvalue weighted by Gasteiger charge is 2.36. The van der Waals surface area contributed by atoms with E-state index in [4.69, 9.17) is 14.2 Å². The lowest BCUT2D eigenvalue weighted by molar-refractivity contribution is -0.127. The van der Waals surface area contributed by atoms with Gasteiger partial charge < -0.3 is 24.4 Å². The number of nitrogens with zero attached hydrogens (tertiary/aromatic N) is 1. The van der Waals surface area contributed by atoms with E-state index in [0.717, 1.165) is 0 Å². The third kappa shape index (κ3) is 3.05. The number of carbonyl (C=O) groups is 2. The first-order valence-electron chi connectivity index (χ1n) is 8.61. The van der Waals surface area contributed by atoms with Crippen LogP contribution < -0.4 is 24.4 Å². The van der Waals surface area contributed by atoms with Gasteiger partial charge in [-0.2, -0.15) is 0 Å². The number of benzene rings is 2. The van der Waals surface area contributed by atoms with Gasteiger partial charge in [0.05, 0.1) is 11.1 Å². The maximum Gasteiger partial charge on any atom is 0.255 e. The average Bonchev–Trinajstić information content (AvgIpc) is 3.10. The molecule has 0 aromatic heterocycles. The lowest BCUT2D eigenvalue weighted by Crippen LogP contribution is -2.39. The molecule has 7 heteroatoms. The Kier molecular flexibility index (Phi) is 3.95. The highest BCUT2D eigenvalue weighted by molar-refractivity contribution is 6.05. The Labute approximate surface area is 156 Å². The number of carbonyl (C=O) groups excluding carboxylic acids is 2. The van der Waals surface area contributed by atoms with Gasteiger partial charge in [0.1, 0.15) is 12.4 Å². The van der Waals surface area contributed by atoms with Crippen molar-refractivity contribution in [3.05, 3.63) is 42.0 Å². The molecule has 0 spiro atoms. The highest BCUT2D eigenvalue weighted by atomic mass is 16.7. The van der Waals surface area contributed by atoms with Gasteiger partial charge in [-0.25, -0.2) is 0 Å². The van der Waals surface area contributed by atoms with Gasteiger partial charge >= 0.3 is 0 Å². The van der Waals surface area contributed by atoms with Crippen molar-refractivity contribution in [2.45, 2.75) is 13.8 Å². The lowest BCUT2D eigenvalue weighted by atomic mass is 9.93. The Morgan fingerprint density at radius 1 is 1.04 bits per heavy atom. The number of amides is 2. The van der Waals surface area contributed by atoms with E-state index in [1.165, 1.54) is 0 Å². The Balaban J connectivity index is 1.57. The summed E-state index contributed by atoms with van der Waals surface area (Å²) in [5.41, 5.74) is 1.09. The zero-order valence-corrected chi connectivity index (χ0v) is 15.4. The maximum absolute atomic E-state index is 12.6. The minimum Gasteiger partial charge on any atom is -0.490 e. The fourth-order valence-corrected chi connectivity index (χ4v) is 3.11. The lowest BCUT2D eigenvalue weighted by Gasteiger charge is -2.24. The Morgan fingerprint density at radius 2 is 1.81 bits per heavy atom. The first-order valence-corrected chi connectivity index (χ1v) is 8.61. The van der Waals surface area contributed by atoms with Crippen LogP contribution in [0.25, 0.3) is 0 Å². The molecule has 0 aliphatic carbocycles. The predicted octanol–water partition coefficient (Wildman–Crippen LogP) is 3.05. The number of fused-ring (bicyclic) bond motifs is 2. The molecule has 4 rings (SSSR count). The second-order valence-corrected chi connectivity index (χ2v) is 7.24. The van der Waals surface area contributed by atoms with Crippen LogP contribution in [0.1, 0.15) is 24.2 Å². The summed E-state index contributed by atoms with van der Waals surface area (Å²) in [5.74, 6) is 1.44. The topological polar surface area (TPSA) is 77.1 Å². The zero-order chi connectivity index (χ0) is 19.2. The molecule has 2 aliphatic rings. The number of ether oxygens (including phenoxy) is 3. The molecule has 0 fully saturated rings. The van der Waals surface area contributed by atoms with Crippen molar-refractivity contribution in [3.63, 3.8) is 0 Å². The van der Waals surface area contributed by atoms with Crippen LogP contribution >= 0.6 is 0 Å². The summed E-state index contributed by atoms with van der Waals surface area (Å²) in [6.45, 7) is 4.12. The van der Waals surface area contributed by atoms with Crippen LogP contribution in [-0.4, -0.2) is 32.3 Å². The van der Waals surface area contributed by atoms with Gasteiger partial charge in [-0.1, -0.05) is 0 Å². The minimum absolute atomic E-state index is 0.0154. The summed E-state index contributed by atoms with van der Waals surface area (Å²) >= 11 is 0. The van der Waals surface area contributed by atoms with Crippen molar-refractivity contribution in [2.75, 3.05) is 30.7 Å². The predicted molar refractivity (Wildman–Crippen MR) is 99.6 cm³/mol. The van der Waals surface area contributed by atoms with Gasteiger partial charge in [0, 0.05) is 24.4 Å². The minimum atomic E-state index is -0.621. The van der Waals surface area contributed by atoms with Crippen LogP contribution in [0.3, 0.4) is 0 Å². The molecule has 2 heterocycles. The van der Waals surface area contributed by atoms with Crippen LogP contribution in [0.15, 0.2) is 36.4 Å². The largest absolute Gasteiger partial charge is 0.490 e. The molecule has 27 heavy (non-hydrogen) atoms. The summed E-state index contributed by atoms with van der Waals surface area (Å²) < 4.78 is 16.4. The monoisotopic (exact) mass is 368 g/mol. The molecule has 2 amide bonds. The molecule has 1 N–H and O–H groups in total. The summed E-state index contributed by atoms with van der Waals surface area (Å²) in [7, 11) is 1.72. The standard InChI is InChI=1S/C20H20N2O5/c1-20(2)10-25-16-9-13(5-6-14(16)22(3)19(20)24)21-18(23)12-4-7-15-17(8-12)27-11-26-15/h4-9H,10-11H2,1-3H3,(H,21,23). The SMILES string of the molecule is CN1C(=O)C(C)(C)COc2cc(NC(=O)c3ccc4c(c3)OCO4)ccc21. The summed E-state index contributed by atoms with van der Waals surface area (Å²) in [6.07, 6.45) is 0. The molecule has 140 valence electrons. The van der Waals surface area contributed by atoms with Gasteiger partial charge in [-0.3, -0.25) is 9.59 Å². The van der Waals surface area contributed by atoms with Gasteiger partial charge in [-0.15, -0.1) is 0 Å². The number of anilines is 2. The zero-order valence-electron chi connectivity index (χ0n) is 15.4. The van der Waals surface area contributed by atoms with Crippen LogP contribution in [0.5, 0.6) is 17.2 Å². The molecule has 0 radical (unpaired) electrons. The quantitative estimate of drug-likeness (QED) is 0.882. The van der Waals surface area contributed by atoms with E-state index in [0.29, 0.717) is 34.2 Å². The summed E-state index contributed by atoms with van der Waals surface area (Å²) in [4.78, 5) is 26.7. The fraction of sp³-hybridized carbons (Fsp3) is 0.300. The summed E-state index contributed by atoms with van der Waals surface area (Å²) in [6, 6.07) is 10.3. The first-order chi connectivity index (χ1) is 12.8. The van der Waals surface area contributed by atoms with Crippen LogP contribution in [0, 0.1) is 5.41 Å². The van der Waals surface area contributed by atoms with E-state index in [9.17, 15) is 9.59 Å². The molecule has 2 aromatic rings. The smallest absolute Gasteiger partial charge is 0.255 e. The fourth-order valence-electron chi connectivity index (χ4n) is 3.11. The van der Waals surface area contributed by atoms with Gasteiger partial charge in [0.25, 0.3) is 5.91 Å². The highest BCUT2D eigenvalue weighted by Crippen LogP contribution is 2.37. The second-order valence-electron chi connectivity index (χ2n) is 7.24. The molecular weight excluding hydrogens is 348 g/mol. The summed E-state index contributed by atoms with van der Waals surface area (Å²) in [5, 5.41) is 2.85. The van der Waals surface area contributed by atoms with Gasteiger partial charge in [-0.05, 0) is 44.2 Å². The number of nitrogens with one attached hydrogen (secondary N) is 1.